The van der Waals surface area contributed by atoms with Crippen LogP contribution in [0.3, 0.4) is 0 Å². The average Bonchev–Trinajstić information content (AvgIpc) is 2.05. The minimum absolute atomic E-state index is 0.377. The monoisotopic (exact) mass is 188 g/mol. The quantitative estimate of drug-likeness (QED) is 0.606. The molecule has 2 rings (SSSR count). The van der Waals surface area contributed by atoms with Crippen LogP contribution < -0.4 is 0 Å². The molecule has 0 radical (unpaired) electrons. The molecular formula is C10H17ClO. The topological polar surface area (TPSA) is 9.23 Å². The molecule has 1 saturated heterocycles. The van der Waals surface area contributed by atoms with Crippen LogP contribution in [0.2, 0.25) is 0 Å². The number of halogens is 1. The molecule has 0 amide bonds. The lowest BCUT2D eigenvalue weighted by atomic mass is 9.68. The third-order valence-corrected chi connectivity index (χ3v) is 4.05. The Morgan fingerprint density at radius 3 is 2.25 bits per heavy atom. The molecule has 70 valence electrons. The lowest BCUT2D eigenvalue weighted by Gasteiger charge is -2.47. The van der Waals surface area contributed by atoms with Gasteiger partial charge in [0.25, 0.3) is 0 Å². The Labute approximate surface area is 79.4 Å². The van der Waals surface area contributed by atoms with Crippen LogP contribution in [0.4, 0.5) is 0 Å². The molecule has 0 aromatic rings. The van der Waals surface area contributed by atoms with E-state index in [1.807, 2.05) is 0 Å². The second-order valence-electron chi connectivity index (χ2n) is 4.32. The fourth-order valence-corrected chi connectivity index (χ4v) is 2.87. The molecule has 12 heavy (non-hydrogen) atoms. The van der Waals surface area contributed by atoms with Gasteiger partial charge in [0, 0.05) is 11.3 Å². The lowest BCUT2D eigenvalue weighted by Crippen LogP contribution is -2.50. The van der Waals surface area contributed by atoms with E-state index >= 15 is 0 Å². The zero-order valence-electron chi connectivity index (χ0n) is 7.52. The van der Waals surface area contributed by atoms with E-state index in [0.717, 1.165) is 25.0 Å². The first-order valence-electron chi connectivity index (χ1n) is 5.01. The molecule has 0 spiro atoms. The molecular weight excluding hydrogens is 172 g/mol. The summed E-state index contributed by atoms with van der Waals surface area (Å²) in [4.78, 5) is 0. The fraction of sp³-hybridized carbons (Fsp3) is 1.00. The standard InChI is InChI=1S/C10H17ClO/c11-6-10(7-12-8-10)9-4-2-1-3-5-9/h9H,1-8H2. The van der Waals surface area contributed by atoms with Crippen molar-refractivity contribution in [2.45, 2.75) is 32.1 Å². The second-order valence-corrected chi connectivity index (χ2v) is 4.59. The number of rotatable bonds is 2. The summed E-state index contributed by atoms with van der Waals surface area (Å²) in [5.41, 5.74) is 0.377. The largest absolute Gasteiger partial charge is 0.380 e. The van der Waals surface area contributed by atoms with Gasteiger partial charge in [-0.2, -0.15) is 0 Å². The highest BCUT2D eigenvalue weighted by Gasteiger charge is 2.44. The Bertz CT molecular complexity index is 142. The second kappa shape index (κ2) is 3.55. The van der Waals surface area contributed by atoms with Gasteiger partial charge >= 0.3 is 0 Å². The predicted octanol–water partition coefficient (Wildman–Crippen LogP) is 2.82. The fourth-order valence-electron chi connectivity index (χ4n) is 2.50. The van der Waals surface area contributed by atoms with Crippen LogP contribution in [-0.2, 0) is 4.74 Å². The SMILES string of the molecule is ClCC1(C2CCCCC2)COC1. The third-order valence-electron chi connectivity index (χ3n) is 3.52. The minimum atomic E-state index is 0.377. The number of hydrogen-bond acceptors (Lipinski definition) is 1. The molecule has 1 saturated carbocycles. The van der Waals surface area contributed by atoms with Crippen LogP contribution in [0, 0.1) is 11.3 Å². The molecule has 1 aliphatic carbocycles. The summed E-state index contributed by atoms with van der Waals surface area (Å²) in [6, 6.07) is 0. The van der Waals surface area contributed by atoms with Crippen LogP contribution in [0.15, 0.2) is 0 Å². The van der Waals surface area contributed by atoms with Crippen molar-refractivity contribution in [3.8, 4) is 0 Å². The van der Waals surface area contributed by atoms with Gasteiger partial charge in [0.1, 0.15) is 0 Å². The number of ether oxygens (including phenoxy) is 1. The van der Waals surface area contributed by atoms with Gasteiger partial charge in [0.05, 0.1) is 13.2 Å². The summed E-state index contributed by atoms with van der Waals surface area (Å²) in [5.74, 6) is 1.66. The van der Waals surface area contributed by atoms with Crippen LogP contribution in [0.1, 0.15) is 32.1 Å². The van der Waals surface area contributed by atoms with Gasteiger partial charge in [-0.1, -0.05) is 19.3 Å². The maximum atomic E-state index is 6.01. The van der Waals surface area contributed by atoms with Crippen LogP contribution >= 0.6 is 11.6 Å². The Kier molecular flexibility index (Phi) is 2.61. The van der Waals surface area contributed by atoms with Crippen molar-refractivity contribution in [2.24, 2.45) is 11.3 Å². The molecule has 0 atom stereocenters. The smallest absolute Gasteiger partial charge is 0.0559 e. The van der Waals surface area contributed by atoms with Gasteiger partial charge in [-0.15, -0.1) is 11.6 Å². The van der Waals surface area contributed by atoms with Gasteiger partial charge in [0.15, 0.2) is 0 Å². The van der Waals surface area contributed by atoms with Gasteiger partial charge in [-0.25, -0.2) is 0 Å². The molecule has 2 heteroatoms. The van der Waals surface area contributed by atoms with E-state index in [2.05, 4.69) is 0 Å². The first-order chi connectivity index (χ1) is 5.87. The van der Waals surface area contributed by atoms with Gasteiger partial charge in [0.2, 0.25) is 0 Å². The molecule has 1 heterocycles. The first kappa shape index (κ1) is 8.83. The predicted molar refractivity (Wildman–Crippen MR) is 50.5 cm³/mol. The Hall–Kier alpha value is 0.250. The summed E-state index contributed by atoms with van der Waals surface area (Å²) in [6.07, 6.45) is 7.01. The maximum Gasteiger partial charge on any atom is 0.0559 e. The van der Waals surface area contributed by atoms with Crippen molar-refractivity contribution in [1.82, 2.24) is 0 Å². The van der Waals surface area contributed by atoms with Crippen molar-refractivity contribution in [3.63, 3.8) is 0 Å². The molecule has 1 nitrogen and oxygen atoms in total. The van der Waals surface area contributed by atoms with E-state index in [-0.39, 0.29) is 0 Å². The molecule has 2 aliphatic rings. The molecule has 0 N–H and O–H groups in total. The third kappa shape index (κ3) is 1.38. The summed E-state index contributed by atoms with van der Waals surface area (Å²) in [6.45, 7) is 1.84. The molecule has 0 bridgehead atoms. The highest BCUT2D eigenvalue weighted by atomic mass is 35.5. The molecule has 1 aliphatic heterocycles. The van der Waals surface area contributed by atoms with Gasteiger partial charge < -0.3 is 4.74 Å². The summed E-state index contributed by atoms with van der Waals surface area (Å²) < 4.78 is 5.30. The Morgan fingerprint density at radius 2 is 1.83 bits per heavy atom. The zero-order valence-corrected chi connectivity index (χ0v) is 8.28. The zero-order chi connectivity index (χ0) is 8.44. The van der Waals surface area contributed by atoms with Crippen LogP contribution in [0.5, 0.6) is 0 Å². The van der Waals surface area contributed by atoms with E-state index in [4.69, 9.17) is 16.3 Å². The van der Waals surface area contributed by atoms with Gasteiger partial charge in [-0.3, -0.25) is 0 Å². The van der Waals surface area contributed by atoms with E-state index in [1.165, 1.54) is 32.1 Å². The molecule has 0 aromatic heterocycles. The Balaban J connectivity index is 1.95. The van der Waals surface area contributed by atoms with Crippen molar-refractivity contribution in [1.29, 1.82) is 0 Å². The van der Waals surface area contributed by atoms with Gasteiger partial charge in [-0.05, 0) is 18.8 Å². The van der Waals surface area contributed by atoms with Crippen molar-refractivity contribution >= 4 is 11.6 Å². The summed E-state index contributed by atoms with van der Waals surface area (Å²) in [5, 5.41) is 0. The average molecular weight is 189 g/mol. The number of alkyl halides is 1. The first-order valence-corrected chi connectivity index (χ1v) is 5.54. The highest BCUT2D eigenvalue weighted by Crippen LogP contribution is 2.44. The van der Waals surface area contributed by atoms with Crippen LogP contribution in [0.25, 0.3) is 0 Å². The number of hydrogen-bond donors (Lipinski definition) is 0. The summed E-state index contributed by atoms with van der Waals surface area (Å²) in [7, 11) is 0. The van der Waals surface area contributed by atoms with Crippen LogP contribution in [-0.4, -0.2) is 19.1 Å². The molecule has 0 aromatic carbocycles. The molecule has 2 fully saturated rings. The summed E-state index contributed by atoms with van der Waals surface area (Å²) >= 11 is 6.01. The minimum Gasteiger partial charge on any atom is -0.380 e. The van der Waals surface area contributed by atoms with E-state index in [0.29, 0.717) is 5.41 Å². The normalized spacial score (nSPS) is 29.8. The van der Waals surface area contributed by atoms with Crippen molar-refractivity contribution in [3.05, 3.63) is 0 Å². The van der Waals surface area contributed by atoms with E-state index in [9.17, 15) is 0 Å². The van der Waals surface area contributed by atoms with Crippen molar-refractivity contribution < 1.29 is 4.74 Å². The lowest BCUT2D eigenvalue weighted by molar-refractivity contribution is -0.138. The molecule has 0 unspecified atom stereocenters. The van der Waals surface area contributed by atoms with E-state index in [1.54, 1.807) is 0 Å². The van der Waals surface area contributed by atoms with E-state index < -0.39 is 0 Å². The Morgan fingerprint density at radius 1 is 1.17 bits per heavy atom. The highest BCUT2D eigenvalue weighted by molar-refractivity contribution is 6.18. The maximum absolute atomic E-state index is 6.01. The van der Waals surface area contributed by atoms with Crippen molar-refractivity contribution in [2.75, 3.05) is 19.1 Å².